The third kappa shape index (κ3) is 3.85. The lowest BCUT2D eigenvalue weighted by molar-refractivity contribution is 0.217. The van der Waals surface area contributed by atoms with E-state index in [0.29, 0.717) is 23.0 Å². The summed E-state index contributed by atoms with van der Waals surface area (Å²) in [7, 11) is 0. The molecule has 1 aromatic rings. The molecular formula is C17H24Cl2N2. The Morgan fingerprint density at radius 1 is 1.00 bits per heavy atom. The molecule has 1 aromatic carbocycles. The van der Waals surface area contributed by atoms with E-state index in [1.807, 2.05) is 18.2 Å². The van der Waals surface area contributed by atoms with Crippen molar-refractivity contribution >= 4 is 28.9 Å². The van der Waals surface area contributed by atoms with Crippen molar-refractivity contribution < 1.29 is 0 Å². The van der Waals surface area contributed by atoms with E-state index in [9.17, 15) is 0 Å². The van der Waals surface area contributed by atoms with E-state index >= 15 is 0 Å². The molecule has 21 heavy (non-hydrogen) atoms. The molecule has 1 saturated heterocycles. The van der Waals surface area contributed by atoms with Gasteiger partial charge in [-0.3, -0.25) is 0 Å². The fourth-order valence-corrected chi connectivity index (χ4v) is 4.33. The molecular weight excluding hydrogens is 303 g/mol. The Hall–Kier alpha value is -0.440. The summed E-state index contributed by atoms with van der Waals surface area (Å²) in [6.45, 7) is 1.18. The minimum atomic E-state index is 0.521. The second-order valence-corrected chi connectivity index (χ2v) is 7.22. The fourth-order valence-electron chi connectivity index (χ4n) is 3.87. The number of benzene rings is 1. The van der Waals surface area contributed by atoms with Crippen LogP contribution in [0.3, 0.4) is 0 Å². The van der Waals surface area contributed by atoms with Gasteiger partial charge in [0.25, 0.3) is 0 Å². The lowest BCUT2D eigenvalue weighted by Gasteiger charge is -2.40. The van der Waals surface area contributed by atoms with Gasteiger partial charge < -0.3 is 10.6 Å². The molecule has 1 aliphatic carbocycles. The van der Waals surface area contributed by atoms with Gasteiger partial charge in [-0.2, -0.15) is 0 Å². The highest BCUT2D eigenvalue weighted by atomic mass is 35.5. The van der Waals surface area contributed by atoms with Crippen LogP contribution in [0.15, 0.2) is 18.2 Å². The van der Waals surface area contributed by atoms with Crippen molar-refractivity contribution in [1.82, 2.24) is 5.32 Å². The van der Waals surface area contributed by atoms with Crippen LogP contribution in [-0.4, -0.2) is 18.6 Å². The van der Waals surface area contributed by atoms with Crippen LogP contribution >= 0.6 is 23.2 Å². The molecule has 0 amide bonds. The highest BCUT2D eigenvalue weighted by molar-refractivity contribution is 6.36. The molecule has 0 aromatic heterocycles. The summed E-state index contributed by atoms with van der Waals surface area (Å²) < 4.78 is 0. The molecule has 1 heterocycles. The summed E-state index contributed by atoms with van der Waals surface area (Å²) in [5, 5.41) is 8.85. The standard InChI is InChI=1S/C17H24Cl2N2/c18-12-8-9-17(14(19)11-12)21-16-7-2-1-5-13(16)15-6-3-4-10-20-15/h8-9,11,13,15-16,20-21H,1-7,10H2. The van der Waals surface area contributed by atoms with Gasteiger partial charge in [-0.1, -0.05) is 42.5 Å². The van der Waals surface area contributed by atoms with Gasteiger partial charge in [-0.15, -0.1) is 0 Å². The Balaban J connectivity index is 1.71. The summed E-state index contributed by atoms with van der Waals surface area (Å²) in [5.74, 6) is 0.714. The molecule has 116 valence electrons. The molecule has 4 heteroatoms. The predicted octanol–water partition coefficient (Wildman–Crippen LogP) is 5.11. The lowest BCUT2D eigenvalue weighted by atomic mass is 9.77. The Bertz CT molecular complexity index is 472. The summed E-state index contributed by atoms with van der Waals surface area (Å²) in [6, 6.07) is 6.93. The van der Waals surface area contributed by atoms with Gasteiger partial charge in [0.05, 0.1) is 10.7 Å². The molecule has 1 aliphatic heterocycles. The third-order valence-corrected chi connectivity index (χ3v) is 5.50. The minimum absolute atomic E-state index is 0.521. The number of halogens is 2. The molecule has 2 aliphatic rings. The van der Waals surface area contributed by atoms with Crippen LogP contribution in [0.25, 0.3) is 0 Å². The van der Waals surface area contributed by atoms with Gasteiger partial charge in [0.15, 0.2) is 0 Å². The van der Waals surface area contributed by atoms with Crippen molar-refractivity contribution in [2.24, 2.45) is 5.92 Å². The minimum Gasteiger partial charge on any atom is -0.381 e. The zero-order valence-corrected chi connectivity index (χ0v) is 13.9. The molecule has 2 nitrogen and oxygen atoms in total. The van der Waals surface area contributed by atoms with Gasteiger partial charge in [0.1, 0.15) is 0 Å². The van der Waals surface area contributed by atoms with Crippen LogP contribution in [0.5, 0.6) is 0 Å². The maximum absolute atomic E-state index is 6.32. The molecule has 3 unspecified atom stereocenters. The molecule has 2 fully saturated rings. The number of nitrogens with one attached hydrogen (secondary N) is 2. The van der Waals surface area contributed by atoms with Gasteiger partial charge in [-0.05, 0) is 56.3 Å². The van der Waals surface area contributed by atoms with Crippen LogP contribution in [0.1, 0.15) is 44.9 Å². The van der Waals surface area contributed by atoms with Crippen molar-refractivity contribution in [3.63, 3.8) is 0 Å². The summed E-state index contributed by atoms with van der Waals surface area (Å²) in [5.41, 5.74) is 1.02. The van der Waals surface area contributed by atoms with Crippen molar-refractivity contribution in [1.29, 1.82) is 0 Å². The fraction of sp³-hybridized carbons (Fsp3) is 0.647. The van der Waals surface area contributed by atoms with E-state index in [1.54, 1.807) is 0 Å². The first-order valence-corrected chi connectivity index (χ1v) is 8.94. The Kier molecular flexibility index (Phi) is 5.31. The zero-order chi connectivity index (χ0) is 14.7. The van der Waals surface area contributed by atoms with E-state index < -0.39 is 0 Å². The maximum Gasteiger partial charge on any atom is 0.0652 e. The quantitative estimate of drug-likeness (QED) is 0.806. The van der Waals surface area contributed by atoms with Crippen molar-refractivity contribution in [2.75, 3.05) is 11.9 Å². The maximum atomic E-state index is 6.32. The van der Waals surface area contributed by atoms with Gasteiger partial charge in [0.2, 0.25) is 0 Å². The third-order valence-electron chi connectivity index (χ3n) is 4.96. The number of anilines is 1. The SMILES string of the molecule is Clc1ccc(NC2CCCCC2C2CCCCN2)c(Cl)c1. The normalized spacial score (nSPS) is 30.1. The van der Waals surface area contributed by atoms with E-state index in [-0.39, 0.29) is 0 Å². The van der Waals surface area contributed by atoms with E-state index in [2.05, 4.69) is 10.6 Å². The van der Waals surface area contributed by atoms with Crippen molar-refractivity contribution in [2.45, 2.75) is 57.0 Å². The van der Waals surface area contributed by atoms with Gasteiger partial charge >= 0.3 is 0 Å². The van der Waals surface area contributed by atoms with Crippen LogP contribution in [-0.2, 0) is 0 Å². The first-order chi connectivity index (χ1) is 10.2. The molecule has 2 N–H and O–H groups in total. The highest BCUT2D eigenvalue weighted by Gasteiger charge is 2.32. The van der Waals surface area contributed by atoms with Crippen LogP contribution in [0.4, 0.5) is 5.69 Å². The predicted molar refractivity (Wildman–Crippen MR) is 91.5 cm³/mol. The number of hydrogen-bond acceptors (Lipinski definition) is 2. The average Bonchev–Trinajstić information content (AvgIpc) is 2.51. The van der Waals surface area contributed by atoms with Gasteiger partial charge in [-0.25, -0.2) is 0 Å². The largest absolute Gasteiger partial charge is 0.381 e. The van der Waals surface area contributed by atoms with Crippen LogP contribution in [0, 0.1) is 5.92 Å². The highest BCUT2D eigenvalue weighted by Crippen LogP contribution is 2.34. The molecule has 3 atom stereocenters. The molecule has 0 bridgehead atoms. The molecule has 0 spiro atoms. The smallest absolute Gasteiger partial charge is 0.0652 e. The first kappa shape index (κ1) is 15.5. The van der Waals surface area contributed by atoms with E-state index in [4.69, 9.17) is 23.2 Å². The Morgan fingerprint density at radius 3 is 2.57 bits per heavy atom. The van der Waals surface area contributed by atoms with Crippen LogP contribution < -0.4 is 10.6 Å². The Labute approximate surface area is 137 Å². The summed E-state index contributed by atoms with van der Waals surface area (Å²) in [6.07, 6.45) is 9.23. The summed E-state index contributed by atoms with van der Waals surface area (Å²) in [4.78, 5) is 0. The second-order valence-electron chi connectivity index (χ2n) is 6.38. The van der Waals surface area contributed by atoms with E-state index in [0.717, 1.165) is 10.7 Å². The number of piperidine rings is 1. The first-order valence-electron chi connectivity index (χ1n) is 8.19. The zero-order valence-electron chi connectivity index (χ0n) is 12.4. The molecule has 1 saturated carbocycles. The monoisotopic (exact) mass is 326 g/mol. The molecule has 3 rings (SSSR count). The van der Waals surface area contributed by atoms with Crippen molar-refractivity contribution in [3.05, 3.63) is 28.2 Å². The van der Waals surface area contributed by atoms with Crippen LogP contribution in [0.2, 0.25) is 10.0 Å². The molecule has 0 radical (unpaired) electrons. The summed E-state index contributed by atoms with van der Waals surface area (Å²) >= 11 is 12.3. The topological polar surface area (TPSA) is 24.1 Å². The second kappa shape index (κ2) is 7.21. The number of rotatable bonds is 3. The van der Waals surface area contributed by atoms with E-state index in [1.165, 1.54) is 51.5 Å². The van der Waals surface area contributed by atoms with Crippen molar-refractivity contribution in [3.8, 4) is 0 Å². The number of hydrogen-bond donors (Lipinski definition) is 2. The average molecular weight is 327 g/mol. The lowest BCUT2D eigenvalue weighted by Crippen LogP contribution is -2.48. The van der Waals surface area contributed by atoms with Gasteiger partial charge in [0, 0.05) is 17.1 Å². The Morgan fingerprint density at radius 2 is 1.81 bits per heavy atom.